The Morgan fingerprint density at radius 2 is 2.05 bits per heavy atom. The van der Waals surface area contributed by atoms with E-state index in [1.807, 2.05) is 0 Å². The molecule has 11 heteroatoms. The van der Waals surface area contributed by atoms with E-state index in [9.17, 15) is 12.8 Å². The number of hydrogen-bond acceptors (Lipinski definition) is 5. The molecule has 0 aliphatic heterocycles. The molecule has 0 saturated carbocycles. The summed E-state index contributed by atoms with van der Waals surface area (Å²) in [5.41, 5.74) is 5.04. The third-order valence-corrected chi connectivity index (χ3v) is 5.23. The van der Waals surface area contributed by atoms with Gasteiger partial charge in [-0.15, -0.1) is 0 Å². The molecule has 2 rings (SSSR count). The highest BCUT2D eigenvalue weighted by molar-refractivity contribution is 9.10. The Balaban J connectivity index is 2.50. The smallest absolute Gasteiger partial charge is 0.266 e. The summed E-state index contributed by atoms with van der Waals surface area (Å²) >= 11 is 14.3. The van der Waals surface area contributed by atoms with Gasteiger partial charge < -0.3 is 5.73 Å². The van der Waals surface area contributed by atoms with Crippen LogP contribution in [0.15, 0.2) is 27.7 Å². The van der Waals surface area contributed by atoms with E-state index < -0.39 is 26.4 Å². The molecule has 0 atom stereocenters. The van der Waals surface area contributed by atoms with Crippen LogP contribution in [-0.2, 0) is 10.0 Å². The van der Waals surface area contributed by atoms with Crippen molar-refractivity contribution in [3.63, 3.8) is 0 Å². The SMILES string of the molecule is Nc1c(F)c(S(=O)(=O)Nc2ccnc(Cl)n2)cc(Cl)c1Br. The van der Waals surface area contributed by atoms with Crippen molar-refractivity contribution in [3.8, 4) is 0 Å². The second-order valence-corrected chi connectivity index (χ2v) is 6.90. The lowest BCUT2D eigenvalue weighted by molar-refractivity contribution is 0.572. The summed E-state index contributed by atoms with van der Waals surface area (Å²) in [4.78, 5) is 6.54. The second kappa shape index (κ2) is 5.91. The molecule has 6 nitrogen and oxygen atoms in total. The van der Waals surface area contributed by atoms with Crippen LogP contribution < -0.4 is 10.5 Å². The largest absolute Gasteiger partial charge is 0.395 e. The summed E-state index contributed by atoms with van der Waals surface area (Å²) < 4.78 is 40.5. The molecule has 0 unspecified atom stereocenters. The van der Waals surface area contributed by atoms with E-state index >= 15 is 0 Å². The number of rotatable bonds is 3. The van der Waals surface area contributed by atoms with Crippen molar-refractivity contribution in [1.29, 1.82) is 0 Å². The van der Waals surface area contributed by atoms with Crippen molar-refractivity contribution >= 4 is 60.7 Å². The number of nitrogen functional groups attached to an aromatic ring is 1. The standard InChI is InChI=1S/C10H6BrCl2FN4O2S/c11-7-4(12)3-5(8(14)9(7)15)21(19,20)18-6-1-2-16-10(13)17-6/h1-3H,15H2,(H,16,17,18). The number of nitrogens with zero attached hydrogens (tertiary/aromatic N) is 2. The minimum atomic E-state index is -4.28. The van der Waals surface area contributed by atoms with Crippen LogP contribution in [0.2, 0.25) is 10.3 Å². The molecule has 112 valence electrons. The first-order valence-electron chi connectivity index (χ1n) is 5.16. The molecule has 0 fully saturated rings. The van der Waals surface area contributed by atoms with Gasteiger partial charge in [0.15, 0.2) is 5.82 Å². The van der Waals surface area contributed by atoms with Gasteiger partial charge >= 0.3 is 0 Å². The molecule has 0 radical (unpaired) electrons. The molecule has 3 N–H and O–H groups in total. The van der Waals surface area contributed by atoms with Crippen LogP contribution in [-0.4, -0.2) is 18.4 Å². The van der Waals surface area contributed by atoms with E-state index in [2.05, 4.69) is 30.6 Å². The number of benzene rings is 1. The molecule has 1 aromatic heterocycles. The zero-order valence-electron chi connectivity index (χ0n) is 9.94. The Hall–Kier alpha value is -1.16. The zero-order chi connectivity index (χ0) is 15.8. The third-order valence-electron chi connectivity index (χ3n) is 2.31. The summed E-state index contributed by atoms with van der Waals surface area (Å²) in [5, 5.41) is -0.209. The van der Waals surface area contributed by atoms with E-state index in [4.69, 9.17) is 28.9 Å². The number of anilines is 2. The Morgan fingerprint density at radius 3 is 2.67 bits per heavy atom. The quantitative estimate of drug-likeness (QED) is 0.456. The summed E-state index contributed by atoms with van der Waals surface area (Å²) in [5.74, 6) is -1.24. The highest BCUT2D eigenvalue weighted by Gasteiger charge is 2.24. The van der Waals surface area contributed by atoms with E-state index in [1.54, 1.807) is 0 Å². The Kier molecular flexibility index (Phi) is 4.57. The fourth-order valence-electron chi connectivity index (χ4n) is 1.38. The molecule has 0 aliphatic rings. The highest BCUT2D eigenvalue weighted by Crippen LogP contribution is 2.35. The van der Waals surface area contributed by atoms with Crippen molar-refractivity contribution in [2.75, 3.05) is 10.5 Å². The van der Waals surface area contributed by atoms with Gasteiger partial charge in [0, 0.05) is 6.20 Å². The summed E-state index contributed by atoms with van der Waals surface area (Å²) in [6, 6.07) is 2.19. The average molecular weight is 416 g/mol. The van der Waals surface area contributed by atoms with E-state index in [0.29, 0.717) is 0 Å². The van der Waals surface area contributed by atoms with Gasteiger partial charge in [-0.1, -0.05) is 11.6 Å². The van der Waals surface area contributed by atoms with Gasteiger partial charge in [0.2, 0.25) is 5.28 Å². The molecule has 0 amide bonds. The van der Waals surface area contributed by atoms with Crippen LogP contribution in [0.25, 0.3) is 0 Å². The number of nitrogens with one attached hydrogen (secondary N) is 1. The Bertz CT molecular complexity index is 819. The second-order valence-electron chi connectivity index (χ2n) is 3.71. The van der Waals surface area contributed by atoms with Crippen molar-refractivity contribution in [1.82, 2.24) is 9.97 Å². The van der Waals surface area contributed by atoms with Gasteiger partial charge in [-0.3, -0.25) is 4.72 Å². The van der Waals surface area contributed by atoms with Gasteiger partial charge in [-0.25, -0.2) is 17.8 Å². The minimum absolute atomic E-state index is 0.0463. The number of hydrogen-bond donors (Lipinski definition) is 2. The van der Waals surface area contributed by atoms with Gasteiger partial charge in [-0.05, 0) is 39.7 Å². The molecule has 1 heterocycles. The first-order chi connectivity index (χ1) is 9.72. The first-order valence-corrected chi connectivity index (χ1v) is 8.20. The van der Waals surface area contributed by atoms with Crippen molar-refractivity contribution in [2.45, 2.75) is 4.90 Å². The van der Waals surface area contributed by atoms with E-state index in [1.165, 1.54) is 12.3 Å². The van der Waals surface area contributed by atoms with Gasteiger partial charge in [-0.2, -0.15) is 4.98 Å². The van der Waals surface area contributed by atoms with E-state index in [-0.39, 0.29) is 20.6 Å². The van der Waals surface area contributed by atoms with Crippen LogP contribution in [0, 0.1) is 5.82 Å². The number of sulfonamides is 1. The molecule has 2 aromatic rings. The van der Waals surface area contributed by atoms with E-state index in [0.717, 1.165) is 6.07 Å². The minimum Gasteiger partial charge on any atom is -0.395 e. The third kappa shape index (κ3) is 3.37. The lowest BCUT2D eigenvalue weighted by atomic mass is 10.3. The maximum absolute atomic E-state index is 14.0. The molecule has 0 saturated heterocycles. The van der Waals surface area contributed by atoms with Crippen molar-refractivity contribution in [2.24, 2.45) is 0 Å². The molecular formula is C10H6BrCl2FN4O2S. The van der Waals surface area contributed by atoms with Gasteiger partial charge in [0.05, 0.1) is 15.2 Å². The zero-order valence-corrected chi connectivity index (χ0v) is 13.9. The normalized spacial score (nSPS) is 11.4. The lowest BCUT2D eigenvalue weighted by Crippen LogP contribution is -2.16. The number of nitrogens with two attached hydrogens (primary N) is 1. The average Bonchev–Trinajstić information content (AvgIpc) is 2.40. The topological polar surface area (TPSA) is 98.0 Å². The maximum Gasteiger partial charge on any atom is 0.266 e. The maximum atomic E-state index is 14.0. The molecular weight excluding hydrogens is 410 g/mol. The molecule has 0 bridgehead atoms. The van der Waals surface area contributed by atoms with Crippen LogP contribution in [0.1, 0.15) is 0 Å². The van der Waals surface area contributed by atoms with Crippen LogP contribution >= 0.6 is 39.1 Å². The Morgan fingerprint density at radius 1 is 1.38 bits per heavy atom. The Labute approximate surface area is 137 Å². The number of aromatic nitrogens is 2. The van der Waals surface area contributed by atoms with Gasteiger partial charge in [0.25, 0.3) is 10.0 Å². The van der Waals surface area contributed by atoms with Crippen molar-refractivity contribution in [3.05, 3.63) is 38.9 Å². The summed E-state index contributed by atoms with van der Waals surface area (Å²) in [6.07, 6.45) is 1.24. The molecule has 0 spiro atoms. The van der Waals surface area contributed by atoms with Crippen molar-refractivity contribution < 1.29 is 12.8 Å². The number of halogens is 4. The molecule has 21 heavy (non-hydrogen) atoms. The fourth-order valence-corrected chi connectivity index (χ4v) is 3.21. The predicted molar refractivity (Wildman–Crippen MR) is 81.4 cm³/mol. The monoisotopic (exact) mass is 414 g/mol. The molecule has 1 aromatic carbocycles. The lowest BCUT2D eigenvalue weighted by Gasteiger charge is -2.11. The predicted octanol–water partition coefficient (Wildman–Crippen LogP) is 3.07. The summed E-state index contributed by atoms with van der Waals surface area (Å²) in [6.45, 7) is 0. The van der Waals surface area contributed by atoms with Crippen LogP contribution in [0.5, 0.6) is 0 Å². The molecule has 0 aliphatic carbocycles. The van der Waals surface area contributed by atoms with Crippen LogP contribution in [0.3, 0.4) is 0 Å². The summed E-state index contributed by atoms with van der Waals surface area (Å²) in [7, 11) is -4.28. The van der Waals surface area contributed by atoms with Gasteiger partial charge in [0.1, 0.15) is 10.7 Å². The van der Waals surface area contributed by atoms with Crippen LogP contribution in [0.4, 0.5) is 15.9 Å². The highest BCUT2D eigenvalue weighted by atomic mass is 79.9. The fraction of sp³-hybridized carbons (Fsp3) is 0. The first kappa shape index (κ1) is 16.2.